The van der Waals surface area contributed by atoms with Crippen LogP contribution in [0.1, 0.15) is 15.9 Å². The number of halogens is 3. The lowest BCUT2D eigenvalue weighted by Gasteiger charge is -2.07. The van der Waals surface area contributed by atoms with Gasteiger partial charge in [-0.3, -0.25) is 4.79 Å². The second-order valence-corrected chi connectivity index (χ2v) is 3.09. The van der Waals surface area contributed by atoms with Crippen molar-refractivity contribution in [2.75, 3.05) is 0 Å². The van der Waals surface area contributed by atoms with Crippen molar-refractivity contribution in [2.24, 2.45) is 0 Å². The summed E-state index contributed by atoms with van der Waals surface area (Å²) >= 11 is 0. The molecule has 0 spiro atoms. The zero-order valence-corrected chi connectivity index (χ0v) is 7.43. The van der Waals surface area contributed by atoms with Crippen molar-refractivity contribution in [3.63, 3.8) is 0 Å². The maximum absolute atomic E-state index is 12.6. The van der Waals surface area contributed by atoms with Crippen LogP contribution in [0.25, 0.3) is 10.9 Å². The van der Waals surface area contributed by atoms with Crippen molar-refractivity contribution in [2.45, 2.75) is 6.18 Å². The highest BCUT2D eigenvalue weighted by Crippen LogP contribution is 2.35. The molecule has 0 bridgehead atoms. The topological polar surface area (TPSA) is 32.9 Å². The molecule has 1 aromatic heterocycles. The van der Waals surface area contributed by atoms with Crippen molar-refractivity contribution in [1.29, 1.82) is 0 Å². The van der Waals surface area contributed by atoms with Crippen molar-refractivity contribution >= 4 is 17.2 Å². The Hall–Kier alpha value is -1.78. The second-order valence-electron chi connectivity index (χ2n) is 3.09. The van der Waals surface area contributed by atoms with Crippen LogP contribution in [-0.2, 0) is 6.18 Å². The molecule has 2 rings (SSSR count). The third-order valence-electron chi connectivity index (χ3n) is 2.17. The SMILES string of the molecule is O=Cc1c[nH]c2cccc(C(F)(F)F)c12. The lowest BCUT2D eigenvalue weighted by atomic mass is 10.1. The molecule has 2 aromatic rings. The number of aromatic amines is 1. The van der Waals surface area contributed by atoms with Crippen LogP contribution in [0.4, 0.5) is 13.2 Å². The number of carbonyl (C=O) groups excluding carboxylic acids is 1. The zero-order chi connectivity index (χ0) is 11.1. The minimum atomic E-state index is -4.44. The molecule has 0 saturated carbocycles. The van der Waals surface area contributed by atoms with Crippen LogP contribution in [0, 0.1) is 0 Å². The van der Waals surface area contributed by atoms with E-state index in [1.807, 2.05) is 0 Å². The minimum Gasteiger partial charge on any atom is -0.360 e. The van der Waals surface area contributed by atoms with Crippen molar-refractivity contribution in [1.82, 2.24) is 4.98 Å². The Labute approximate surface area is 82.7 Å². The molecular weight excluding hydrogens is 207 g/mol. The van der Waals surface area contributed by atoms with Crippen LogP contribution >= 0.6 is 0 Å². The summed E-state index contributed by atoms with van der Waals surface area (Å²) in [7, 11) is 0. The molecule has 1 N–H and O–H groups in total. The first-order valence-electron chi connectivity index (χ1n) is 4.16. The maximum Gasteiger partial charge on any atom is 0.417 e. The Morgan fingerprint density at radius 1 is 1.27 bits per heavy atom. The molecule has 0 aliphatic carbocycles. The first kappa shape index (κ1) is 9.76. The van der Waals surface area contributed by atoms with E-state index < -0.39 is 11.7 Å². The van der Waals surface area contributed by atoms with Gasteiger partial charge < -0.3 is 4.98 Å². The Balaban J connectivity index is 2.84. The molecular formula is C10H6F3NO. The molecule has 0 radical (unpaired) electrons. The van der Waals surface area contributed by atoms with Crippen LogP contribution in [-0.4, -0.2) is 11.3 Å². The number of nitrogens with one attached hydrogen (secondary N) is 1. The molecule has 0 unspecified atom stereocenters. The number of fused-ring (bicyclic) bond motifs is 1. The molecule has 0 aliphatic heterocycles. The highest BCUT2D eigenvalue weighted by atomic mass is 19.4. The standard InChI is InChI=1S/C10H6F3NO/c11-10(12,13)7-2-1-3-8-9(7)6(5-15)4-14-8/h1-5,14H. The third kappa shape index (κ3) is 1.49. The normalized spacial score (nSPS) is 11.9. The average molecular weight is 213 g/mol. The van der Waals surface area contributed by atoms with Crippen LogP contribution in [0.2, 0.25) is 0 Å². The molecule has 0 saturated heterocycles. The summed E-state index contributed by atoms with van der Waals surface area (Å²) in [5.41, 5.74) is -0.451. The highest BCUT2D eigenvalue weighted by molar-refractivity contribution is 5.99. The predicted octanol–water partition coefficient (Wildman–Crippen LogP) is 3.00. The number of carbonyl (C=O) groups is 1. The zero-order valence-electron chi connectivity index (χ0n) is 7.43. The lowest BCUT2D eigenvalue weighted by Crippen LogP contribution is -2.05. The fourth-order valence-corrected chi connectivity index (χ4v) is 1.54. The molecule has 15 heavy (non-hydrogen) atoms. The van der Waals surface area contributed by atoms with Crippen LogP contribution in [0.15, 0.2) is 24.4 Å². The predicted molar refractivity (Wildman–Crippen MR) is 48.7 cm³/mol. The van der Waals surface area contributed by atoms with Gasteiger partial charge in [-0.05, 0) is 12.1 Å². The van der Waals surface area contributed by atoms with Gasteiger partial charge in [0.2, 0.25) is 0 Å². The van der Waals surface area contributed by atoms with Gasteiger partial charge in [0, 0.05) is 22.7 Å². The van der Waals surface area contributed by atoms with Gasteiger partial charge in [-0.25, -0.2) is 0 Å². The van der Waals surface area contributed by atoms with Crippen LogP contribution < -0.4 is 0 Å². The second kappa shape index (κ2) is 3.12. The molecule has 0 aliphatic rings. The molecule has 0 atom stereocenters. The van der Waals surface area contributed by atoms with E-state index in [9.17, 15) is 18.0 Å². The van der Waals surface area contributed by atoms with E-state index in [1.165, 1.54) is 18.3 Å². The van der Waals surface area contributed by atoms with Crippen LogP contribution in [0.3, 0.4) is 0 Å². The maximum atomic E-state index is 12.6. The largest absolute Gasteiger partial charge is 0.417 e. The number of alkyl halides is 3. The van der Waals surface area contributed by atoms with E-state index in [4.69, 9.17) is 0 Å². The molecule has 1 heterocycles. The van der Waals surface area contributed by atoms with E-state index in [2.05, 4.69) is 4.98 Å². The third-order valence-corrected chi connectivity index (χ3v) is 2.17. The summed E-state index contributed by atoms with van der Waals surface area (Å²) in [6.45, 7) is 0. The van der Waals surface area contributed by atoms with Gasteiger partial charge in [-0.1, -0.05) is 6.07 Å². The van der Waals surface area contributed by atoms with Crippen LogP contribution in [0.5, 0.6) is 0 Å². The Kier molecular flexibility index (Phi) is 2.03. The summed E-state index contributed by atoms with van der Waals surface area (Å²) in [6.07, 6.45) is -2.76. The van der Waals surface area contributed by atoms with Crippen molar-refractivity contribution in [3.8, 4) is 0 Å². The van der Waals surface area contributed by atoms with Crippen molar-refractivity contribution < 1.29 is 18.0 Å². The summed E-state index contributed by atoms with van der Waals surface area (Å²) in [5, 5.41) is -0.0694. The number of rotatable bonds is 1. The van der Waals surface area contributed by atoms with Gasteiger partial charge in [-0.15, -0.1) is 0 Å². The summed E-state index contributed by atoms with van der Waals surface area (Å²) in [5.74, 6) is 0. The minimum absolute atomic E-state index is 0.0259. The fourth-order valence-electron chi connectivity index (χ4n) is 1.54. The molecule has 2 nitrogen and oxygen atoms in total. The molecule has 5 heteroatoms. The van der Waals surface area contributed by atoms with Gasteiger partial charge in [-0.2, -0.15) is 13.2 Å². The van der Waals surface area contributed by atoms with E-state index in [1.54, 1.807) is 0 Å². The number of aldehydes is 1. The van der Waals surface area contributed by atoms with Gasteiger partial charge in [0.25, 0.3) is 0 Å². The van der Waals surface area contributed by atoms with E-state index in [0.717, 1.165) is 6.07 Å². The Bertz CT molecular complexity index is 513. The number of H-pyrrole nitrogens is 1. The Morgan fingerprint density at radius 3 is 2.60 bits per heavy atom. The fraction of sp³-hybridized carbons (Fsp3) is 0.100. The summed E-state index contributed by atoms with van der Waals surface area (Å²) in [4.78, 5) is 13.2. The molecule has 0 fully saturated rings. The monoisotopic (exact) mass is 213 g/mol. The lowest BCUT2D eigenvalue weighted by molar-refractivity contribution is -0.136. The van der Waals surface area contributed by atoms with E-state index in [-0.39, 0.29) is 10.9 Å². The van der Waals surface area contributed by atoms with Gasteiger partial charge in [0.05, 0.1) is 5.56 Å². The summed E-state index contributed by atoms with van der Waals surface area (Å²) < 4.78 is 37.7. The van der Waals surface area contributed by atoms with Gasteiger partial charge in [0.15, 0.2) is 6.29 Å². The highest BCUT2D eigenvalue weighted by Gasteiger charge is 2.33. The molecule has 78 valence electrons. The summed E-state index contributed by atoms with van der Waals surface area (Å²) in [6, 6.07) is 3.76. The quantitative estimate of drug-likeness (QED) is 0.725. The van der Waals surface area contributed by atoms with E-state index in [0.29, 0.717) is 11.8 Å². The number of benzene rings is 1. The number of hydrogen-bond donors (Lipinski definition) is 1. The number of aromatic nitrogens is 1. The van der Waals surface area contributed by atoms with Gasteiger partial charge in [0.1, 0.15) is 0 Å². The smallest absolute Gasteiger partial charge is 0.360 e. The van der Waals surface area contributed by atoms with Gasteiger partial charge >= 0.3 is 6.18 Å². The van der Waals surface area contributed by atoms with Crippen molar-refractivity contribution in [3.05, 3.63) is 35.5 Å². The Morgan fingerprint density at radius 2 is 2.00 bits per heavy atom. The molecule has 0 amide bonds. The number of hydrogen-bond acceptors (Lipinski definition) is 1. The van der Waals surface area contributed by atoms with E-state index >= 15 is 0 Å². The average Bonchev–Trinajstić information content (AvgIpc) is 2.58. The molecule has 1 aromatic carbocycles. The first-order valence-corrected chi connectivity index (χ1v) is 4.16. The first-order chi connectivity index (χ1) is 7.04.